The molecule has 0 bridgehead atoms. The van der Waals surface area contributed by atoms with E-state index in [0.29, 0.717) is 6.42 Å². The summed E-state index contributed by atoms with van der Waals surface area (Å²) in [5.74, 6) is 0.0718. The van der Waals surface area contributed by atoms with E-state index in [-0.39, 0.29) is 11.3 Å². The minimum atomic E-state index is -0.272. The van der Waals surface area contributed by atoms with Gasteiger partial charge >= 0.3 is 0 Å². The molecular weight excluding hydrogens is 276 g/mol. The highest BCUT2D eigenvalue weighted by atomic mass is 16.3. The van der Waals surface area contributed by atoms with E-state index < -0.39 is 0 Å². The number of hydrogen-bond acceptors (Lipinski definition) is 3. The lowest BCUT2D eigenvalue weighted by atomic mass is 10.0. The maximum absolute atomic E-state index is 11.7. The van der Waals surface area contributed by atoms with Crippen LogP contribution in [0.25, 0.3) is 11.3 Å². The van der Waals surface area contributed by atoms with E-state index in [1.165, 1.54) is 30.2 Å². The van der Waals surface area contributed by atoms with Crippen LogP contribution in [0.4, 0.5) is 5.69 Å². The van der Waals surface area contributed by atoms with Crippen LogP contribution < -0.4 is 10.5 Å². The van der Waals surface area contributed by atoms with Crippen LogP contribution in [-0.2, 0) is 6.42 Å². The van der Waals surface area contributed by atoms with Crippen molar-refractivity contribution in [1.82, 2.24) is 4.98 Å². The molecule has 4 heteroatoms. The first-order chi connectivity index (χ1) is 10.6. The molecule has 0 saturated carbocycles. The number of aryl methyl sites for hydroxylation is 1. The van der Waals surface area contributed by atoms with Gasteiger partial charge in [0, 0.05) is 30.4 Å². The molecule has 2 N–H and O–H groups in total. The predicted molar refractivity (Wildman–Crippen MR) is 89.7 cm³/mol. The first-order valence-electron chi connectivity index (χ1n) is 7.91. The Bertz CT molecular complexity index is 743. The van der Waals surface area contributed by atoms with Gasteiger partial charge in [-0.1, -0.05) is 13.0 Å². The second kappa shape index (κ2) is 5.87. The number of hydrogen-bond donors (Lipinski definition) is 2. The van der Waals surface area contributed by atoms with Crippen LogP contribution in [0.2, 0.25) is 0 Å². The number of rotatable bonds is 3. The maximum atomic E-state index is 11.7. The third kappa shape index (κ3) is 2.61. The molecule has 4 nitrogen and oxygen atoms in total. The van der Waals surface area contributed by atoms with Crippen molar-refractivity contribution in [1.29, 1.82) is 0 Å². The Morgan fingerprint density at radius 2 is 1.95 bits per heavy atom. The van der Waals surface area contributed by atoms with Gasteiger partial charge in [-0.3, -0.25) is 4.79 Å². The molecule has 0 radical (unpaired) electrons. The maximum Gasteiger partial charge on any atom is 0.252 e. The summed E-state index contributed by atoms with van der Waals surface area (Å²) in [6, 6.07) is 7.49. The highest BCUT2D eigenvalue weighted by Gasteiger charge is 2.16. The molecule has 22 heavy (non-hydrogen) atoms. The van der Waals surface area contributed by atoms with Crippen molar-refractivity contribution in [2.75, 3.05) is 18.0 Å². The lowest BCUT2D eigenvalue weighted by Gasteiger charge is -2.21. The summed E-state index contributed by atoms with van der Waals surface area (Å²) < 4.78 is 0. The zero-order chi connectivity index (χ0) is 15.7. The van der Waals surface area contributed by atoms with Gasteiger partial charge in [0.1, 0.15) is 5.75 Å². The van der Waals surface area contributed by atoms with Gasteiger partial charge in [-0.2, -0.15) is 0 Å². The van der Waals surface area contributed by atoms with Crippen molar-refractivity contribution in [2.24, 2.45) is 0 Å². The Kier molecular flexibility index (Phi) is 3.92. The quantitative estimate of drug-likeness (QED) is 0.914. The van der Waals surface area contributed by atoms with Gasteiger partial charge in [-0.15, -0.1) is 0 Å². The summed E-state index contributed by atoms with van der Waals surface area (Å²) in [6.07, 6.45) is 3.17. The summed E-state index contributed by atoms with van der Waals surface area (Å²) in [5.41, 5.74) is 4.65. The second-order valence-electron chi connectivity index (χ2n) is 5.92. The number of aromatic amines is 1. The Balaban J connectivity index is 2.06. The van der Waals surface area contributed by atoms with Gasteiger partial charge in [0.15, 0.2) is 0 Å². The van der Waals surface area contributed by atoms with Gasteiger partial charge in [-0.25, -0.2) is 0 Å². The number of aromatic nitrogens is 1. The van der Waals surface area contributed by atoms with Gasteiger partial charge in [0.25, 0.3) is 5.56 Å². The van der Waals surface area contributed by atoms with E-state index in [9.17, 15) is 9.90 Å². The molecule has 1 aromatic heterocycles. The highest BCUT2D eigenvalue weighted by molar-refractivity contribution is 5.70. The molecular formula is C18H22N2O2. The minimum Gasteiger partial charge on any atom is -0.507 e. The van der Waals surface area contributed by atoms with Crippen LogP contribution in [-0.4, -0.2) is 23.2 Å². The molecule has 0 atom stereocenters. The first-order valence-corrected chi connectivity index (χ1v) is 7.91. The van der Waals surface area contributed by atoms with Crippen molar-refractivity contribution >= 4 is 5.69 Å². The minimum absolute atomic E-state index is 0.0718. The van der Waals surface area contributed by atoms with E-state index in [4.69, 9.17) is 0 Å². The van der Waals surface area contributed by atoms with Crippen molar-refractivity contribution in [3.63, 3.8) is 0 Å². The van der Waals surface area contributed by atoms with E-state index >= 15 is 0 Å². The van der Waals surface area contributed by atoms with E-state index in [2.05, 4.69) is 28.9 Å². The number of aromatic hydroxyl groups is 1. The fourth-order valence-electron chi connectivity index (χ4n) is 3.30. The van der Waals surface area contributed by atoms with Crippen LogP contribution in [0, 0.1) is 6.92 Å². The summed E-state index contributed by atoms with van der Waals surface area (Å²) in [7, 11) is 0. The number of nitrogens with one attached hydrogen (secondary N) is 1. The van der Waals surface area contributed by atoms with E-state index in [1.54, 1.807) is 0 Å². The standard InChI is InChI=1S/C18H22N2O2/c1-3-14-16(21)11-17(22)19-18(14)13-6-7-15(12(2)10-13)20-8-4-5-9-20/h6-7,10-11H,3-5,8-9H2,1-2H3,(H2,19,21,22). The smallest absolute Gasteiger partial charge is 0.252 e. The van der Waals surface area contributed by atoms with Gasteiger partial charge in [0.05, 0.1) is 5.69 Å². The summed E-state index contributed by atoms with van der Waals surface area (Å²) in [4.78, 5) is 17.0. The Morgan fingerprint density at radius 3 is 2.59 bits per heavy atom. The molecule has 3 rings (SSSR count). The molecule has 0 spiro atoms. The third-order valence-electron chi connectivity index (χ3n) is 4.41. The molecule has 1 aliphatic rings. The zero-order valence-corrected chi connectivity index (χ0v) is 13.1. The second-order valence-corrected chi connectivity index (χ2v) is 5.92. The Hall–Kier alpha value is -2.23. The third-order valence-corrected chi connectivity index (χ3v) is 4.41. The summed E-state index contributed by atoms with van der Waals surface area (Å²) >= 11 is 0. The van der Waals surface area contributed by atoms with Crippen molar-refractivity contribution in [3.05, 3.63) is 45.7 Å². The van der Waals surface area contributed by atoms with Crippen LogP contribution in [0.5, 0.6) is 5.75 Å². The lowest BCUT2D eigenvalue weighted by Crippen LogP contribution is -2.18. The normalized spacial score (nSPS) is 14.5. The van der Waals surface area contributed by atoms with Gasteiger partial charge in [-0.05, 0) is 49.4 Å². The molecule has 116 valence electrons. The van der Waals surface area contributed by atoms with Gasteiger partial charge < -0.3 is 15.0 Å². The first kappa shape index (κ1) is 14.7. The Morgan fingerprint density at radius 1 is 1.23 bits per heavy atom. The lowest BCUT2D eigenvalue weighted by molar-refractivity contribution is 0.467. The molecule has 1 fully saturated rings. The van der Waals surface area contributed by atoms with Gasteiger partial charge in [0.2, 0.25) is 0 Å². The molecule has 0 amide bonds. The van der Waals surface area contributed by atoms with Crippen LogP contribution in [0.1, 0.15) is 30.9 Å². The molecule has 0 unspecified atom stereocenters. The SMILES string of the molecule is CCc1c(O)cc(=O)[nH]c1-c1ccc(N2CCCC2)c(C)c1. The molecule has 1 saturated heterocycles. The average molecular weight is 298 g/mol. The van der Waals surface area contributed by atoms with Crippen molar-refractivity contribution in [2.45, 2.75) is 33.1 Å². The number of nitrogens with zero attached hydrogens (tertiary/aromatic N) is 1. The summed E-state index contributed by atoms with van der Waals surface area (Å²) in [5, 5.41) is 10.0. The molecule has 2 aromatic rings. The van der Waals surface area contributed by atoms with E-state index in [1.807, 2.05) is 13.0 Å². The van der Waals surface area contributed by atoms with E-state index in [0.717, 1.165) is 29.9 Å². The topological polar surface area (TPSA) is 56.3 Å². The van der Waals surface area contributed by atoms with Crippen molar-refractivity contribution < 1.29 is 5.11 Å². The van der Waals surface area contributed by atoms with Crippen LogP contribution >= 0.6 is 0 Å². The largest absolute Gasteiger partial charge is 0.507 e. The number of benzene rings is 1. The predicted octanol–water partition coefficient (Wildman–Crippen LogP) is 3.22. The van der Waals surface area contributed by atoms with Crippen LogP contribution in [0.15, 0.2) is 29.1 Å². The zero-order valence-electron chi connectivity index (χ0n) is 13.1. The number of anilines is 1. The molecule has 1 aromatic carbocycles. The fourth-order valence-corrected chi connectivity index (χ4v) is 3.30. The summed E-state index contributed by atoms with van der Waals surface area (Å²) in [6.45, 7) is 6.30. The van der Waals surface area contributed by atoms with Crippen LogP contribution in [0.3, 0.4) is 0 Å². The molecule has 0 aliphatic carbocycles. The molecule has 1 aliphatic heterocycles. The highest BCUT2D eigenvalue weighted by Crippen LogP contribution is 2.31. The number of H-pyrrole nitrogens is 1. The fraction of sp³-hybridized carbons (Fsp3) is 0.389. The Labute approximate surface area is 130 Å². The monoisotopic (exact) mass is 298 g/mol. The average Bonchev–Trinajstić information content (AvgIpc) is 3.00. The number of pyridine rings is 1. The molecule has 2 heterocycles. The van der Waals surface area contributed by atoms with Crippen molar-refractivity contribution in [3.8, 4) is 17.0 Å².